The lowest BCUT2D eigenvalue weighted by Gasteiger charge is -2.08. The van der Waals surface area contributed by atoms with Gasteiger partial charge in [0.1, 0.15) is 16.4 Å². The largest absolute Gasteiger partial charge is 0.494 e. The Morgan fingerprint density at radius 1 is 1.20 bits per heavy atom. The molecule has 3 rings (SSSR count). The molecule has 0 aliphatic heterocycles. The Kier molecular flexibility index (Phi) is 3.67. The van der Waals surface area contributed by atoms with Crippen molar-refractivity contribution in [2.45, 2.75) is 6.92 Å². The third-order valence-electron chi connectivity index (χ3n) is 2.90. The van der Waals surface area contributed by atoms with E-state index in [9.17, 15) is 0 Å². The second kappa shape index (κ2) is 5.31. The van der Waals surface area contributed by atoms with Gasteiger partial charge in [0, 0.05) is 9.35 Å². The van der Waals surface area contributed by atoms with E-state index in [1.54, 1.807) is 18.4 Å². The summed E-state index contributed by atoms with van der Waals surface area (Å²) in [5, 5.41) is 1.19. The van der Waals surface area contributed by atoms with Crippen LogP contribution in [0.15, 0.2) is 28.7 Å². The second-order valence-electron chi connectivity index (χ2n) is 4.22. The number of hydrogen-bond acceptors (Lipinski definition) is 4. The molecule has 6 heteroatoms. The average Bonchev–Trinajstić information content (AvgIpc) is 2.85. The highest BCUT2D eigenvalue weighted by atomic mass is 79.9. The van der Waals surface area contributed by atoms with E-state index in [2.05, 4.69) is 25.9 Å². The molecule has 0 aliphatic carbocycles. The first-order valence-corrected chi connectivity index (χ1v) is 7.85. The first-order valence-electron chi connectivity index (χ1n) is 5.86. The highest BCUT2D eigenvalue weighted by molar-refractivity contribution is 9.10. The molecule has 102 valence electrons. The Hall–Kier alpha value is -1.17. The molecule has 3 nitrogen and oxygen atoms in total. The van der Waals surface area contributed by atoms with Crippen LogP contribution in [-0.2, 0) is 0 Å². The number of methoxy groups -OCH3 is 1. The maximum absolute atomic E-state index is 6.32. The molecule has 0 amide bonds. The SMILES string of the molecule is COc1ccc(Br)c2c(Cl)nc(-c3ccc(C)s3)nc12. The lowest BCUT2D eigenvalue weighted by Crippen LogP contribution is -1.94. The number of fused-ring (bicyclic) bond motifs is 1. The first-order chi connectivity index (χ1) is 9.60. The molecule has 1 aromatic carbocycles. The summed E-state index contributed by atoms with van der Waals surface area (Å²) in [5.74, 6) is 1.30. The Labute approximate surface area is 133 Å². The summed E-state index contributed by atoms with van der Waals surface area (Å²) in [6.07, 6.45) is 0. The predicted molar refractivity (Wildman–Crippen MR) is 86.9 cm³/mol. The summed E-state index contributed by atoms with van der Waals surface area (Å²) in [7, 11) is 1.62. The van der Waals surface area contributed by atoms with Crippen LogP contribution in [0.5, 0.6) is 5.75 Å². The smallest absolute Gasteiger partial charge is 0.171 e. The normalized spacial score (nSPS) is 11.0. The first kappa shape index (κ1) is 13.8. The molecule has 3 aromatic rings. The minimum atomic E-state index is 0.418. The number of ether oxygens (including phenoxy) is 1. The van der Waals surface area contributed by atoms with Crippen LogP contribution in [0.4, 0.5) is 0 Å². The van der Waals surface area contributed by atoms with Gasteiger partial charge >= 0.3 is 0 Å². The molecule has 2 heterocycles. The van der Waals surface area contributed by atoms with Crippen molar-refractivity contribution in [1.29, 1.82) is 0 Å². The van der Waals surface area contributed by atoms with E-state index in [4.69, 9.17) is 16.3 Å². The van der Waals surface area contributed by atoms with Gasteiger partial charge in [0.05, 0.1) is 17.4 Å². The topological polar surface area (TPSA) is 35.0 Å². The van der Waals surface area contributed by atoms with E-state index >= 15 is 0 Å². The van der Waals surface area contributed by atoms with Gasteiger partial charge in [-0.2, -0.15) is 0 Å². The number of nitrogens with zero attached hydrogens (tertiary/aromatic N) is 2. The predicted octanol–water partition coefficient (Wildman–Crippen LogP) is 5.09. The van der Waals surface area contributed by atoms with Gasteiger partial charge < -0.3 is 4.74 Å². The number of aryl methyl sites for hydroxylation is 1. The second-order valence-corrected chi connectivity index (χ2v) is 6.72. The van der Waals surface area contributed by atoms with Crippen molar-refractivity contribution in [3.05, 3.63) is 38.8 Å². The van der Waals surface area contributed by atoms with Gasteiger partial charge in [-0.25, -0.2) is 9.97 Å². The molecule has 0 fully saturated rings. The van der Waals surface area contributed by atoms with Crippen molar-refractivity contribution in [1.82, 2.24) is 9.97 Å². The van der Waals surface area contributed by atoms with Gasteiger partial charge in [0.2, 0.25) is 0 Å². The maximum Gasteiger partial charge on any atom is 0.171 e. The average molecular weight is 370 g/mol. The van der Waals surface area contributed by atoms with Gasteiger partial charge in [0.15, 0.2) is 5.82 Å². The number of thiophene rings is 1. The maximum atomic E-state index is 6.32. The number of rotatable bonds is 2. The third-order valence-corrected chi connectivity index (χ3v) is 4.83. The molecule has 2 aromatic heterocycles. The number of hydrogen-bond donors (Lipinski definition) is 0. The van der Waals surface area contributed by atoms with Crippen LogP contribution in [0.1, 0.15) is 4.88 Å². The standard InChI is InChI=1S/C14H10BrClN2OS/c1-7-3-6-10(20-7)14-17-12-9(19-2)5-4-8(15)11(12)13(16)18-14/h3-6H,1-2H3. The van der Waals surface area contributed by atoms with Crippen LogP contribution in [0.25, 0.3) is 21.6 Å². The highest BCUT2D eigenvalue weighted by Gasteiger charge is 2.15. The van der Waals surface area contributed by atoms with Crippen LogP contribution in [0.2, 0.25) is 5.15 Å². The molecule has 0 unspecified atom stereocenters. The van der Waals surface area contributed by atoms with Crippen LogP contribution in [0.3, 0.4) is 0 Å². The molecule has 0 spiro atoms. The molecule has 0 N–H and O–H groups in total. The summed E-state index contributed by atoms with van der Waals surface area (Å²) in [4.78, 5) is 11.2. The van der Waals surface area contributed by atoms with E-state index < -0.39 is 0 Å². The van der Waals surface area contributed by atoms with Crippen molar-refractivity contribution in [3.63, 3.8) is 0 Å². The van der Waals surface area contributed by atoms with Gasteiger partial charge in [-0.05, 0) is 47.1 Å². The molecule has 0 atom stereocenters. The van der Waals surface area contributed by atoms with Crippen LogP contribution < -0.4 is 4.74 Å². The Morgan fingerprint density at radius 3 is 2.65 bits per heavy atom. The van der Waals surface area contributed by atoms with Gasteiger partial charge in [0.25, 0.3) is 0 Å². The fourth-order valence-corrected chi connectivity index (χ4v) is 3.66. The zero-order chi connectivity index (χ0) is 14.3. The Balaban J connectivity index is 2.32. The zero-order valence-corrected chi connectivity index (χ0v) is 13.9. The fourth-order valence-electron chi connectivity index (χ4n) is 1.96. The van der Waals surface area contributed by atoms with Crippen LogP contribution in [0, 0.1) is 6.92 Å². The molecule has 0 saturated carbocycles. The molecule has 0 aliphatic rings. The number of halogens is 2. The lowest BCUT2D eigenvalue weighted by atomic mass is 10.2. The Morgan fingerprint density at radius 2 is 2.00 bits per heavy atom. The summed E-state index contributed by atoms with van der Waals surface area (Å²) in [6.45, 7) is 2.05. The third kappa shape index (κ3) is 2.30. The minimum Gasteiger partial charge on any atom is -0.494 e. The van der Waals surface area contributed by atoms with Gasteiger partial charge in [-0.15, -0.1) is 11.3 Å². The molecule has 0 bridgehead atoms. The fraction of sp³-hybridized carbons (Fsp3) is 0.143. The minimum absolute atomic E-state index is 0.418. The molecule has 0 radical (unpaired) electrons. The van der Waals surface area contributed by atoms with Crippen LogP contribution in [-0.4, -0.2) is 17.1 Å². The van der Waals surface area contributed by atoms with E-state index in [0.717, 1.165) is 14.7 Å². The summed E-state index contributed by atoms with van der Waals surface area (Å²) in [6, 6.07) is 7.78. The van der Waals surface area contributed by atoms with Gasteiger partial charge in [-0.1, -0.05) is 11.6 Å². The van der Waals surface area contributed by atoms with Crippen molar-refractivity contribution < 1.29 is 4.74 Å². The van der Waals surface area contributed by atoms with E-state index in [1.807, 2.05) is 31.2 Å². The zero-order valence-electron chi connectivity index (χ0n) is 10.8. The molecular formula is C14H10BrClN2OS. The lowest BCUT2D eigenvalue weighted by molar-refractivity contribution is 0.419. The Bertz CT molecular complexity index is 803. The summed E-state index contributed by atoms with van der Waals surface area (Å²) >= 11 is 11.4. The number of benzene rings is 1. The van der Waals surface area contributed by atoms with Crippen molar-refractivity contribution in [3.8, 4) is 16.5 Å². The van der Waals surface area contributed by atoms with E-state index in [-0.39, 0.29) is 0 Å². The monoisotopic (exact) mass is 368 g/mol. The van der Waals surface area contributed by atoms with Crippen molar-refractivity contribution in [2.75, 3.05) is 7.11 Å². The van der Waals surface area contributed by atoms with Crippen LogP contribution >= 0.6 is 38.9 Å². The molecule has 0 saturated heterocycles. The number of aromatic nitrogens is 2. The van der Waals surface area contributed by atoms with E-state index in [1.165, 1.54) is 4.88 Å². The summed E-state index contributed by atoms with van der Waals surface area (Å²) < 4.78 is 6.22. The van der Waals surface area contributed by atoms with E-state index in [0.29, 0.717) is 22.2 Å². The molecule has 20 heavy (non-hydrogen) atoms. The van der Waals surface area contributed by atoms with Gasteiger partial charge in [-0.3, -0.25) is 0 Å². The molecular weight excluding hydrogens is 360 g/mol. The van der Waals surface area contributed by atoms with Crippen molar-refractivity contribution in [2.24, 2.45) is 0 Å². The quantitative estimate of drug-likeness (QED) is 0.590. The highest BCUT2D eigenvalue weighted by Crippen LogP contribution is 2.36. The van der Waals surface area contributed by atoms with Crippen molar-refractivity contribution >= 4 is 49.8 Å². The summed E-state index contributed by atoms with van der Waals surface area (Å²) in [5.41, 5.74) is 0.711.